The zero-order valence-electron chi connectivity index (χ0n) is 11.0. The Morgan fingerprint density at radius 1 is 1.25 bits per heavy atom. The van der Waals surface area contributed by atoms with Crippen LogP contribution in [0.5, 0.6) is 0 Å². The number of rotatable bonds is 6. The Balaban J connectivity index is 1.58. The van der Waals surface area contributed by atoms with Crippen molar-refractivity contribution < 1.29 is 18.3 Å². The Morgan fingerprint density at radius 2 is 1.95 bits per heavy atom. The number of halogens is 2. The number of hydrogen-bond donors (Lipinski definition) is 2. The number of nitrogens with one attached hydrogen (secondary N) is 2. The molecule has 0 aromatic heterocycles. The molecule has 0 radical (unpaired) electrons. The van der Waals surface area contributed by atoms with E-state index in [0.717, 1.165) is 5.56 Å². The van der Waals surface area contributed by atoms with Gasteiger partial charge in [0.05, 0.1) is 6.54 Å². The van der Waals surface area contributed by atoms with Gasteiger partial charge >= 0.3 is 6.09 Å². The topological polar surface area (TPSA) is 50.4 Å². The second-order valence-corrected chi connectivity index (χ2v) is 4.87. The number of alkyl carbamates (subject to hydrolysis) is 1. The molecule has 4 nitrogen and oxygen atoms in total. The average molecular weight is 284 g/mol. The zero-order chi connectivity index (χ0) is 14.4. The lowest BCUT2D eigenvalue weighted by atomic mass is 9.87. The normalized spacial score (nSPS) is 21.4. The molecular weight excluding hydrogens is 266 g/mol. The smallest absolute Gasteiger partial charge is 0.407 e. The molecule has 1 aromatic carbocycles. The average Bonchev–Trinajstić information content (AvgIpc) is 2.39. The van der Waals surface area contributed by atoms with Crippen molar-refractivity contribution in [2.45, 2.75) is 38.0 Å². The molecule has 1 aromatic rings. The standard InChI is InChI=1S/C14H18F2N2O2/c15-13(16)8-17-11-6-12(7-11)18-14(19)20-9-10-4-2-1-3-5-10/h1-5,11-13,17H,6-9H2,(H,18,19). The fourth-order valence-electron chi connectivity index (χ4n) is 2.09. The van der Waals surface area contributed by atoms with E-state index in [2.05, 4.69) is 10.6 Å². The van der Waals surface area contributed by atoms with Crippen molar-refractivity contribution in [3.8, 4) is 0 Å². The van der Waals surface area contributed by atoms with E-state index in [1.807, 2.05) is 30.3 Å². The molecule has 0 heterocycles. The number of alkyl halides is 2. The van der Waals surface area contributed by atoms with Crippen LogP contribution in [0.3, 0.4) is 0 Å². The first-order valence-corrected chi connectivity index (χ1v) is 6.62. The van der Waals surface area contributed by atoms with Crippen LogP contribution in [-0.2, 0) is 11.3 Å². The molecular formula is C14H18F2N2O2. The highest BCUT2D eigenvalue weighted by atomic mass is 19.3. The summed E-state index contributed by atoms with van der Waals surface area (Å²) in [5, 5.41) is 5.45. The van der Waals surface area contributed by atoms with Gasteiger partial charge in [-0.2, -0.15) is 0 Å². The van der Waals surface area contributed by atoms with Crippen LogP contribution in [0.2, 0.25) is 0 Å². The third kappa shape index (κ3) is 4.77. The number of amides is 1. The molecule has 0 aliphatic heterocycles. The molecule has 1 saturated carbocycles. The van der Waals surface area contributed by atoms with Gasteiger partial charge in [-0.05, 0) is 18.4 Å². The Bertz CT molecular complexity index is 422. The van der Waals surface area contributed by atoms with Gasteiger partial charge in [0.1, 0.15) is 6.61 Å². The van der Waals surface area contributed by atoms with Gasteiger partial charge < -0.3 is 15.4 Å². The lowest BCUT2D eigenvalue weighted by molar-refractivity contribution is 0.114. The summed E-state index contributed by atoms with van der Waals surface area (Å²) in [5.74, 6) is 0. The van der Waals surface area contributed by atoms with Crippen LogP contribution in [0, 0.1) is 0 Å². The second-order valence-electron chi connectivity index (χ2n) is 4.87. The maximum absolute atomic E-state index is 12.0. The van der Waals surface area contributed by atoms with Crippen LogP contribution < -0.4 is 10.6 Å². The number of ether oxygens (including phenoxy) is 1. The van der Waals surface area contributed by atoms with Gasteiger partial charge in [-0.3, -0.25) is 0 Å². The van der Waals surface area contributed by atoms with E-state index in [1.165, 1.54) is 0 Å². The Morgan fingerprint density at radius 3 is 2.60 bits per heavy atom. The highest BCUT2D eigenvalue weighted by Crippen LogP contribution is 2.20. The van der Waals surface area contributed by atoms with Gasteiger partial charge in [0, 0.05) is 12.1 Å². The van der Waals surface area contributed by atoms with Crippen LogP contribution in [0.1, 0.15) is 18.4 Å². The molecule has 1 aliphatic rings. The van der Waals surface area contributed by atoms with Crippen LogP contribution in [0.25, 0.3) is 0 Å². The van der Waals surface area contributed by atoms with E-state index in [4.69, 9.17) is 4.74 Å². The van der Waals surface area contributed by atoms with E-state index >= 15 is 0 Å². The van der Waals surface area contributed by atoms with Gasteiger partial charge in [0.25, 0.3) is 6.43 Å². The molecule has 6 heteroatoms. The van der Waals surface area contributed by atoms with Gasteiger partial charge in [-0.25, -0.2) is 13.6 Å². The summed E-state index contributed by atoms with van der Waals surface area (Å²) in [6, 6.07) is 9.47. The highest BCUT2D eigenvalue weighted by Gasteiger charge is 2.30. The Labute approximate surface area is 116 Å². The third-order valence-electron chi connectivity index (χ3n) is 3.23. The molecule has 0 spiro atoms. The van der Waals surface area contributed by atoms with Crippen LogP contribution >= 0.6 is 0 Å². The molecule has 1 amide bonds. The second kappa shape index (κ2) is 7.19. The fourth-order valence-corrected chi connectivity index (χ4v) is 2.09. The first kappa shape index (κ1) is 14.7. The van der Waals surface area contributed by atoms with Crippen molar-refractivity contribution in [3.05, 3.63) is 35.9 Å². The summed E-state index contributed by atoms with van der Waals surface area (Å²) in [5.41, 5.74) is 0.924. The summed E-state index contributed by atoms with van der Waals surface area (Å²) in [6.07, 6.45) is -1.48. The van der Waals surface area contributed by atoms with Crippen molar-refractivity contribution in [1.29, 1.82) is 0 Å². The summed E-state index contributed by atoms with van der Waals surface area (Å²) in [4.78, 5) is 11.5. The fraction of sp³-hybridized carbons (Fsp3) is 0.500. The van der Waals surface area contributed by atoms with Gasteiger partial charge in [-0.1, -0.05) is 30.3 Å². The molecule has 0 unspecified atom stereocenters. The van der Waals surface area contributed by atoms with Crippen molar-refractivity contribution >= 4 is 6.09 Å². The van der Waals surface area contributed by atoms with Gasteiger partial charge in [0.15, 0.2) is 0 Å². The van der Waals surface area contributed by atoms with Crippen LogP contribution in [0.15, 0.2) is 30.3 Å². The van der Waals surface area contributed by atoms with Gasteiger partial charge in [0.2, 0.25) is 0 Å². The predicted octanol–water partition coefficient (Wildman–Crippen LogP) is 2.30. The lowest BCUT2D eigenvalue weighted by Gasteiger charge is -2.36. The predicted molar refractivity (Wildman–Crippen MR) is 70.6 cm³/mol. The molecule has 1 aliphatic carbocycles. The first-order chi connectivity index (χ1) is 9.63. The largest absolute Gasteiger partial charge is 0.445 e. The van der Waals surface area contributed by atoms with Crippen molar-refractivity contribution in [2.75, 3.05) is 6.54 Å². The lowest BCUT2D eigenvalue weighted by Crippen LogP contribution is -2.53. The summed E-state index contributed by atoms with van der Waals surface area (Å²) >= 11 is 0. The van der Waals surface area contributed by atoms with E-state index < -0.39 is 12.5 Å². The minimum absolute atomic E-state index is 0.00782. The van der Waals surface area contributed by atoms with Crippen molar-refractivity contribution in [3.63, 3.8) is 0 Å². The van der Waals surface area contributed by atoms with Crippen molar-refractivity contribution in [2.24, 2.45) is 0 Å². The summed E-state index contributed by atoms with van der Waals surface area (Å²) in [7, 11) is 0. The van der Waals surface area contributed by atoms with Crippen LogP contribution in [-0.4, -0.2) is 31.1 Å². The number of carbonyl (C=O) groups excluding carboxylic acids is 1. The minimum Gasteiger partial charge on any atom is -0.445 e. The van der Waals surface area contributed by atoms with Crippen molar-refractivity contribution in [1.82, 2.24) is 10.6 Å². The molecule has 0 atom stereocenters. The highest BCUT2D eigenvalue weighted by molar-refractivity contribution is 5.67. The van der Waals surface area contributed by atoms with E-state index in [-0.39, 0.29) is 25.2 Å². The molecule has 110 valence electrons. The molecule has 0 bridgehead atoms. The van der Waals surface area contributed by atoms with E-state index in [9.17, 15) is 13.6 Å². The molecule has 20 heavy (non-hydrogen) atoms. The summed E-state index contributed by atoms with van der Waals surface area (Å²) in [6.45, 7) is -0.0672. The quantitative estimate of drug-likeness (QED) is 0.842. The minimum atomic E-state index is -2.34. The van der Waals surface area contributed by atoms with Crippen LogP contribution in [0.4, 0.5) is 13.6 Å². The first-order valence-electron chi connectivity index (χ1n) is 6.62. The SMILES string of the molecule is O=C(NC1CC(NCC(F)F)C1)OCc1ccccc1. The number of carbonyl (C=O) groups is 1. The third-order valence-corrected chi connectivity index (χ3v) is 3.23. The Hall–Kier alpha value is -1.69. The molecule has 0 saturated heterocycles. The summed E-state index contributed by atoms with van der Waals surface area (Å²) < 4.78 is 29.0. The maximum atomic E-state index is 12.0. The Kier molecular flexibility index (Phi) is 5.29. The molecule has 2 N–H and O–H groups in total. The monoisotopic (exact) mass is 284 g/mol. The molecule has 2 rings (SSSR count). The molecule has 1 fully saturated rings. The number of hydrogen-bond acceptors (Lipinski definition) is 3. The van der Waals surface area contributed by atoms with E-state index in [0.29, 0.717) is 12.8 Å². The number of benzene rings is 1. The van der Waals surface area contributed by atoms with E-state index in [1.54, 1.807) is 0 Å². The zero-order valence-corrected chi connectivity index (χ0v) is 11.0. The van der Waals surface area contributed by atoms with Gasteiger partial charge in [-0.15, -0.1) is 0 Å². The maximum Gasteiger partial charge on any atom is 0.407 e.